The van der Waals surface area contributed by atoms with Crippen LogP contribution in [-0.4, -0.2) is 27.0 Å². The number of aromatic nitrogens is 3. The minimum absolute atomic E-state index is 0.149. The Morgan fingerprint density at radius 3 is 2.95 bits per heavy atom. The predicted octanol–water partition coefficient (Wildman–Crippen LogP) is 1.72. The maximum atomic E-state index is 13.8. The quantitative estimate of drug-likeness (QED) is 0.894. The minimum Gasteiger partial charge on any atom is -0.496 e. The van der Waals surface area contributed by atoms with E-state index in [0.29, 0.717) is 18.1 Å². The third kappa shape index (κ3) is 2.73. The summed E-state index contributed by atoms with van der Waals surface area (Å²) in [5.41, 5.74) is 0.149. The van der Waals surface area contributed by atoms with Crippen molar-refractivity contribution >= 4 is 0 Å². The van der Waals surface area contributed by atoms with Gasteiger partial charge in [-0.05, 0) is 19.1 Å². The van der Waals surface area contributed by atoms with Crippen molar-refractivity contribution in [1.82, 2.24) is 14.8 Å². The van der Waals surface area contributed by atoms with Crippen LogP contribution >= 0.6 is 0 Å². The Hall–Kier alpha value is -1.95. The summed E-state index contributed by atoms with van der Waals surface area (Å²) < 4.78 is 20.6. The van der Waals surface area contributed by atoms with Gasteiger partial charge in [0.15, 0.2) is 0 Å². The van der Waals surface area contributed by atoms with E-state index in [0.717, 1.165) is 0 Å². The summed E-state index contributed by atoms with van der Waals surface area (Å²) in [7, 11) is 1.44. The normalized spacial score (nSPS) is 12.4. The molecule has 1 aromatic carbocycles. The monoisotopic (exact) mass is 265 g/mol. The second kappa shape index (κ2) is 5.79. The van der Waals surface area contributed by atoms with Gasteiger partial charge in [0, 0.05) is 13.0 Å². The summed E-state index contributed by atoms with van der Waals surface area (Å²) in [4.78, 5) is 4.07. The summed E-state index contributed by atoms with van der Waals surface area (Å²) in [6, 6.07) is 4.46. The molecule has 0 aliphatic heterocycles. The molecule has 0 aliphatic carbocycles. The Labute approximate surface area is 110 Å². The lowest BCUT2D eigenvalue weighted by atomic mass is 10.0. The summed E-state index contributed by atoms with van der Waals surface area (Å²) in [5.74, 6) is 0.449. The molecule has 0 spiro atoms. The number of halogens is 1. The van der Waals surface area contributed by atoms with Crippen LogP contribution in [0.25, 0.3) is 0 Å². The smallest absolute Gasteiger partial charge is 0.138 e. The van der Waals surface area contributed by atoms with Gasteiger partial charge in [0.1, 0.15) is 23.7 Å². The van der Waals surface area contributed by atoms with E-state index >= 15 is 0 Å². The first kappa shape index (κ1) is 13.5. The molecule has 0 radical (unpaired) electrons. The summed E-state index contributed by atoms with van der Waals surface area (Å²) >= 11 is 0. The molecule has 102 valence electrons. The number of hydrogen-bond donors (Lipinski definition) is 1. The lowest BCUT2D eigenvalue weighted by Gasteiger charge is -2.15. The number of aliphatic hydroxyl groups excluding tert-OH is 1. The van der Waals surface area contributed by atoms with Crippen LogP contribution < -0.4 is 4.74 Å². The molecule has 1 atom stereocenters. The number of hydrogen-bond acceptors (Lipinski definition) is 4. The molecule has 0 fully saturated rings. The molecular weight excluding hydrogens is 249 g/mol. The first-order valence-corrected chi connectivity index (χ1v) is 6.04. The molecule has 1 N–H and O–H groups in total. The highest BCUT2D eigenvalue weighted by Crippen LogP contribution is 2.29. The van der Waals surface area contributed by atoms with E-state index in [9.17, 15) is 9.50 Å². The number of aliphatic hydroxyl groups is 1. The van der Waals surface area contributed by atoms with Crippen LogP contribution in [0.5, 0.6) is 5.75 Å². The second-order valence-corrected chi connectivity index (χ2v) is 4.07. The molecule has 2 rings (SSSR count). The molecule has 0 aliphatic rings. The Balaban J connectivity index is 2.27. The number of aryl methyl sites for hydroxylation is 1. The highest BCUT2D eigenvalue weighted by Gasteiger charge is 2.20. The van der Waals surface area contributed by atoms with Crippen molar-refractivity contribution in [3.8, 4) is 5.75 Å². The summed E-state index contributed by atoms with van der Waals surface area (Å²) in [5, 5.41) is 14.2. The van der Waals surface area contributed by atoms with Gasteiger partial charge in [-0.25, -0.2) is 9.37 Å². The highest BCUT2D eigenvalue weighted by atomic mass is 19.1. The van der Waals surface area contributed by atoms with Crippen molar-refractivity contribution in [3.05, 3.63) is 41.7 Å². The van der Waals surface area contributed by atoms with Crippen LogP contribution in [0.3, 0.4) is 0 Å². The molecular formula is C13H16FN3O2. The van der Waals surface area contributed by atoms with E-state index in [-0.39, 0.29) is 12.0 Å². The van der Waals surface area contributed by atoms with Gasteiger partial charge < -0.3 is 9.84 Å². The van der Waals surface area contributed by atoms with Crippen molar-refractivity contribution in [1.29, 1.82) is 0 Å². The van der Waals surface area contributed by atoms with E-state index in [1.807, 2.05) is 6.92 Å². The molecule has 19 heavy (non-hydrogen) atoms. The summed E-state index contributed by atoms with van der Waals surface area (Å²) in [6.45, 7) is 2.57. The first-order valence-electron chi connectivity index (χ1n) is 6.04. The lowest BCUT2D eigenvalue weighted by molar-refractivity contribution is 0.164. The van der Waals surface area contributed by atoms with Crippen molar-refractivity contribution in [2.24, 2.45) is 0 Å². The third-order valence-corrected chi connectivity index (χ3v) is 2.94. The minimum atomic E-state index is -1.02. The van der Waals surface area contributed by atoms with E-state index in [2.05, 4.69) is 10.1 Å². The van der Waals surface area contributed by atoms with E-state index < -0.39 is 11.9 Å². The van der Waals surface area contributed by atoms with Gasteiger partial charge in [-0.1, -0.05) is 6.07 Å². The van der Waals surface area contributed by atoms with Crippen LogP contribution in [0, 0.1) is 5.82 Å². The summed E-state index contributed by atoms with van der Waals surface area (Å²) in [6.07, 6.45) is 0.584. The van der Waals surface area contributed by atoms with Gasteiger partial charge in [0.05, 0.1) is 18.8 Å². The van der Waals surface area contributed by atoms with Crippen molar-refractivity contribution in [2.45, 2.75) is 26.0 Å². The Bertz CT molecular complexity index is 557. The maximum Gasteiger partial charge on any atom is 0.138 e. The zero-order valence-electron chi connectivity index (χ0n) is 10.9. The van der Waals surface area contributed by atoms with Crippen molar-refractivity contribution in [2.75, 3.05) is 7.11 Å². The molecule has 0 bridgehead atoms. The van der Waals surface area contributed by atoms with Gasteiger partial charge in [0.2, 0.25) is 0 Å². The SMILES string of the molecule is CCn1ncnc1CC(O)c1c(F)cccc1OC. The molecule has 0 saturated heterocycles. The van der Waals surface area contributed by atoms with E-state index in [1.165, 1.54) is 19.5 Å². The third-order valence-electron chi connectivity index (χ3n) is 2.94. The average molecular weight is 265 g/mol. The molecule has 1 aromatic heterocycles. The van der Waals surface area contributed by atoms with Gasteiger partial charge in [-0.15, -0.1) is 0 Å². The predicted molar refractivity (Wildman–Crippen MR) is 67.3 cm³/mol. The maximum absolute atomic E-state index is 13.8. The standard InChI is InChI=1S/C13H16FN3O2/c1-3-17-12(15-8-16-17)7-10(18)13-9(14)5-4-6-11(13)19-2/h4-6,8,10,18H,3,7H2,1-2H3. The van der Waals surface area contributed by atoms with E-state index in [4.69, 9.17) is 4.74 Å². The fourth-order valence-corrected chi connectivity index (χ4v) is 2.00. The van der Waals surface area contributed by atoms with Gasteiger partial charge in [-0.2, -0.15) is 5.10 Å². The first-order chi connectivity index (χ1) is 9.17. The average Bonchev–Trinajstić information content (AvgIpc) is 2.85. The molecule has 0 amide bonds. The number of rotatable bonds is 5. The van der Waals surface area contributed by atoms with Gasteiger partial charge >= 0.3 is 0 Å². The zero-order valence-corrected chi connectivity index (χ0v) is 10.9. The molecule has 5 nitrogen and oxygen atoms in total. The molecule has 1 heterocycles. The topological polar surface area (TPSA) is 60.2 Å². The Kier molecular flexibility index (Phi) is 4.11. The molecule has 2 aromatic rings. The zero-order chi connectivity index (χ0) is 13.8. The van der Waals surface area contributed by atoms with Crippen LogP contribution in [0.4, 0.5) is 4.39 Å². The fourth-order valence-electron chi connectivity index (χ4n) is 2.00. The lowest BCUT2D eigenvalue weighted by Crippen LogP contribution is -2.11. The highest BCUT2D eigenvalue weighted by molar-refractivity contribution is 5.36. The number of methoxy groups -OCH3 is 1. The van der Waals surface area contributed by atoms with E-state index in [1.54, 1.807) is 16.8 Å². The largest absolute Gasteiger partial charge is 0.496 e. The second-order valence-electron chi connectivity index (χ2n) is 4.07. The van der Waals surface area contributed by atoms with Crippen molar-refractivity contribution in [3.63, 3.8) is 0 Å². The van der Waals surface area contributed by atoms with Gasteiger partial charge in [-0.3, -0.25) is 4.68 Å². The Morgan fingerprint density at radius 1 is 1.47 bits per heavy atom. The molecule has 6 heteroatoms. The van der Waals surface area contributed by atoms with Crippen LogP contribution in [0.1, 0.15) is 24.4 Å². The molecule has 0 saturated carbocycles. The number of nitrogens with zero attached hydrogens (tertiary/aromatic N) is 3. The molecule has 1 unspecified atom stereocenters. The number of ether oxygens (including phenoxy) is 1. The van der Waals surface area contributed by atoms with Crippen LogP contribution in [0.2, 0.25) is 0 Å². The fraction of sp³-hybridized carbons (Fsp3) is 0.385. The van der Waals surface area contributed by atoms with Crippen LogP contribution in [0.15, 0.2) is 24.5 Å². The van der Waals surface area contributed by atoms with Gasteiger partial charge in [0.25, 0.3) is 0 Å². The van der Waals surface area contributed by atoms with Crippen LogP contribution in [-0.2, 0) is 13.0 Å². The number of benzene rings is 1. The van der Waals surface area contributed by atoms with Crippen molar-refractivity contribution < 1.29 is 14.2 Å². The Morgan fingerprint density at radius 2 is 2.26 bits per heavy atom.